The first kappa shape index (κ1) is 22.2. The number of nitrogens with zero attached hydrogens (tertiary/aromatic N) is 3. The number of piperidine rings is 1. The molecule has 1 saturated heterocycles. The Balaban J connectivity index is 1.47. The maximum atomic E-state index is 13.9. The van der Waals surface area contributed by atoms with Crippen LogP contribution in [0.15, 0.2) is 66.1 Å². The highest BCUT2D eigenvalue weighted by Gasteiger charge is 2.32. The molecular formula is C25H27F2N7. The van der Waals surface area contributed by atoms with Crippen molar-refractivity contribution in [3.8, 4) is 0 Å². The fourth-order valence-electron chi connectivity index (χ4n) is 4.45. The lowest BCUT2D eigenvalue weighted by Crippen LogP contribution is -2.50. The Kier molecular flexibility index (Phi) is 5.89. The second-order valence-electron chi connectivity index (χ2n) is 8.76. The molecule has 2 aromatic carbocycles. The Morgan fingerprint density at radius 2 is 1.79 bits per heavy atom. The molecule has 9 heteroatoms. The number of amidine groups is 1. The van der Waals surface area contributed by atoms with Gasteiger partial charge in [0.05, 0.1) is 6.20 Å². The first-order valence-electron chi connectivity index (χ1n) is 11.3. The Hall–Kier alpha value is -3.56. The number of aliphatic imine (C=N–C) groups is 1. The molecule has 3 aromatic rings. The van der Waals surface area contributed by atoms with E-state index in [4.69, 9.17) is 5.73 Å². The van der Waals surface area contributed by atoms with Crippen molar-refractivity contribution in [1.82, 2.24) is 20.4 Å². The molecule has 176 valence electrons. The fraction of sp³-hybridized carbons (Fsp3) is 0.280. The Morgan fingerprint density at radius 1 is 1.09 bits per heavy atom. The van der Waals surface area contributed by atoms with Gasteiger partial charge in [-0.1, -0.05) is 12.1 Å². The highest BCUT2D eigenvalue weighted by molar-refractivity contribution is 6.28. The molecule has 0 saturated carbocycles. The summed E-state index contributed by atoms with van der Waals surface area (Å²) < 4.78 is 29.5. The molecule has 2 aliphatic rings. The molecule has 7 nitrogen and oxygen atoms in total. The van der Waals surface area contributed by atoms with Crippen LogP contribution in [0.3, 0.4) is 0 Å². The Bertz CT molecular complexity index is 1220. The van der Waals surface area contributed by atoms with Crippen molar-refractivity contribution in [1.29, 1.82) is 0 Å². The van der Waals surface area contributed by atoms with Crippen LogP contribution in [-0.4, -0.2) is 28.7 Å². The van der Waals surface area contributed by atoms with Crippen LogP contribution in [0.1, 0.15) is 35.4 Å². The molecule has 2 aliphatic heterocycles. The standard InChI is InChI=1S/C25H27F2N7/c1-34-15-18(13-31-34)23-14-30-25(28,19-10-20(26)12-21(27)11-19)33-24(23)32-22-4-2-16(3-5-22)17-6-8-29-9-7-17/h2-5,10-15,17,29-30H,6-9,28H2,1H3,(H,32,33). The monoisotopic (exact) mass is 463 g/mol. The predicted molar refractivity (Wildman–Crippen MR) is 129 cm³/mol. The number of aryl methyl sites for hydroxylation is 1. The van der Waals surface area contributed by atoms with Gasteiger partial charge in [-0.2, -0.15) is 5.10 Å². The summed E-state index contributed by atoms with van der Waals surface area (Å²) in [6.45, 7) is 2.07. The van der Waals surface area contributed by atoms with E-state index in [0.717, 1.165) is 48.8 Å². The van der Waals surface area contributed by atoms with Crippen molar-refractivity contribution in [2.24, 2.45) is 17.8 Å². The molecule has 5 N–H and O–H groups in total. The Morgan fingerprint density at radius 3 is 2.44 bits per heavy atom. The number of nitrogens with two attached hydrogens (primary N) is 1. The zero-order valence-corrected chi connectivity index (χ0v) is 18.9. The number of nitrogens with one attached hydrogen (secondary N) is 3. The third kappa shape index (κ3) is 4.57. The van der Waals surface area contributed by atoms with Gasteiger partial charge in [0.2, 0.25) is 5.79 Å². The second-order valence-corrected chi connectivity index (χ2v) is 8.76. The van der Waals surface area contributed by atoms with Crippen molar-refractivity contribution in [3.05, 3.63) is 89.4 Å². The van der Waals surface area contributed by atoms with Crippen LogP contribution in [0.4, 0.5) is 14.5 Å². The molecule has 0 radical (unpaired) electrons. The van der Waals surface area contributed by atoms with E-state index in [1.165, 1.54) is 17.7 Å². The van der Waals surface area contributed by atoms with Crippen LogP contribution in [0.25, 0.3) is 5.57 Å². The van der Waals surface area contributed by atoms with E-state index >= 15 is 0 Å². The largest absolute Gasteiger partial charge is 0.351 e. The van der Waals surface area contributed by atoms with Gasteiger partial charge >= 0.3 is 0 Å². The van der Waals surface area contributed by atoms with E-state index < -0.39 is 17.4 Å². The van der Waals surface area contributed by atoms with Crippen molar-refractivity contribution in [2.75, 3.05) is 18.4 Å². The van der Waals surface area contributed by atoms with Crippen LogP contribution in [0.5, 0.6) is 0 Å². The summed E-state index contributed by atoms with van der Waals surface area (Å²) in [6.07, 6.45) is 7.52. The topological polar surface area (TPSA) is 92.3 Å². The first-order chi connectivity index (χ1) is 16.4. The smallest absolute Gasteiger partial charge is 0.211 e. The van der Waals surface area contributed by atoms with Gasteiger partial charge in [-0.15, -0.1) is 0 Å². The lowest BCUT2D eigenvalue weighted by atomic mass is 9.90. The molecule has 1 unspecified atom stereocenters. The average molecular weight is 464 g/mol. The molecule has 0 bridgehead atoms. The summed E-state index contributed by atoms with van der Waals surface area (Å²) in [6, 6.07) is 11.4. The van der Waals surface area contributed by atoms with Crippen molar-refractivity contribution < 1.29 is 8.78 Å². The lowest BCUT2D eigenvalue weighted by molar-refractivity contribution is 0.405. The molecule has 0 amide bonds. The third-order valence-electron chi connectivity index (χ3n) is 6.28. The highest BCUT2D eigenvalue weighted by atomic mass is 19.1. The number of rotatable bonds is 4. The SMILES string of the molecule is Cn1cc(C2=CNC(N)(c3cc(F)cc(F)c3)N=C2Nc2ccc(C3CCNCC3)cc2)cn1. The number of hydrogen-bond acceptors (Lipinski definition) is 6. The maximum Gasteiger partial charge on any atom is 0.211 e. The van der Waals surface area contributed by atoms with E-state index in [1.807, 2.05) is 25.4 Å². The van der Waals surface area contributed by atoms with Crippen LogP contribution in [0, 0.1) is 11.6 Å². The number of aromatic nitrogens is 2. The predicted octanol–water partition coefficient (Wildman–Crippen LogP) is 3.39. The van der Waals surface area contributed by atoms with E-state index in [2.05, 4.69) is 38.2 Å². The molecular weight excluding hydrogens is 436 g/mol. The zero-order chi connectivity index (χ0) is 23.7. The van der Waals surface area contributed by atoms with Crippen LogP contribution >= 0.6 is 0 Å². The number of halogens is 2. The second kappa shape index (κ2) is 9.00. The van der Waals surface area contributed by atoms with Crippen LogP contribution < -0.4 is 21.7 Å². The molecule has 34 heavy (non-hydrogen) atoms. The zero-order valence-electron chi connectivity index (χ0n) is 18.9. The van der Waals surface area contributed by atoms with Gasteiger partial charge in [-0.3, -0.25) is 10.4 Å². The Labute approximate surface area is 196 Å². The van der Waals surface area contributed by atoms with Gasteiger partial charge in [0.1, 0.15) is 17.5 Å². The fourth-order valence-corrected chi connectivity index (χ4v) is 4.45. The number of hydrogen-bond donors (Lipinski definition) is 4. The minimum atomic E-state index is -1.55. The van der Waals surface area contributed by atoms with Crippen molar-refractivity contribution in [2.45, 2.75) is 24.5 Å². The molecule has 1 fully saturated rings. The minimum absolute atomic E-state index is 0.173. The molecule has 5 rings (SSSR count). The summed E-state index contributed by atoms with van der Waals surface area (Å²) in [5.74, 6) is -1.97. The molecule has 0 spiro atoms. The lowest BCUT2D eigenvalue weighted by Gasteiger charge is -2.32. The van der Waals surface area contributed by atoms with Crippen molar-refractivity contribution in [3.63, 3.8) is 0 Å². The molecule has 1 aromatic heterocycles. The summed E-state index contributed by atoms with van der Waals surface area (Å²) in [4.78, 5) is 4.67. The van der Waals surface area contributed by atoms with Gasteiger partial charge in [0, 0.05) is 47.9 Å². The summed E-state index contributed by atoms with van der Waals surface area (Å²) in [5.41, 5.74) is 10.4. The normalized spacial score (nSPS) is 20.9. The van der Waals surface area contributed by atoms with E-state index in [-0.39, 0.29) is 5.56 Å². The van der Waals surface area contributed by atoms with Gasteiger partial charge < -0.3 is 16.0 Å². The van der Waals surface area contributed by atoms with E-state index in [9.17, 15) is 8.78 Å². The number of anilines is 1. The molecule has 1 atom stereocenters. The van der Waals surface area contributed by atoms with Crippen LogP contribution in [-0.2, 0) is 12.8 Å². The maximum absolute atomic E-state index is 13.9. The van der Waals surface area contributed by atoms with Crippen molar-refractivity contribution >= 4 is 17.1 Å². The van der Waals surface area contributed by atoms with E-state index in [0.29, 0.717) is 11.8 Å². The first-order valence-corrected chi connectivity index (χ1v) is 11.3. The minimum Gasteiger partial charge on any atom is -0.351 e. The highest BCUT2D eigenvalue weighted by Crippen LogP contribution is 2.30. The average Bonchev–Trinajstić information content (AvgIpc) is 3.25. The summed E-state index contributed by atoms with van der Waals surface area (Å²) in [7, 11) is 1.83. The molecule has 3 heterocycles. The quantitative estimate of drug-likeness (QED) is 0.476. The van der Waals surface area contributed by atoms with Crippen LogP contribution in [0.2, 0.25) is 0 Å². The summed E-state index contributed by atoms with van der Waals surface area (Å²) in [5, 5.41) is 14.0. The van der Waals surface area contributed by atoms with Gasteiger partial charge in [-0.05, 0) is 61.7 Å². The van der Waals surface area contributed by atoms with Gasteiger partial charge in [0.25, 0.3) is 0 Å². The summed E-state index contributed by atoms with van der Waals surface area (Å²) >= 11 is 0. The van der Waals surface area contributed by atoms with E-state index in [1.54, 1.807) is 17.1 Å². The third-order valence-corrected chi connectivity index (χ3v) is 6.28. The number of benzene rings is 2. The van der Waals surface area contributed by atoms with Gasteiger partial charge in [0.15, 0.2) is 0 Å². The molecule has 0 aliphatic carbocycles. The van der Waals surface area contributed by atoms with Gasteiger partial charge in [-0.25, -0.2) is 13.8 Å².